The fraction of sp³-hybridized carbons (Fsp3) is 0.143. The molecule has 66 valence electrons. The molecule has 0 aromatic carbocycles. The molecule has 0 aliphatic rings. The van der Waals surface area contributed by atoms with Crippen molar-refractivity contribution in [1.29, 1.82) is 0 Å². The number of likely N-dealkylation sites (N-methyl/N-ethyl adjacent to an activating group) is 1. The molecular weight excluding hydrogens is 180 g/mol. The molecule has 0 amide bonds. The SMILES string of the molecule is C=C(Cl)/C=C(\C(=C)NC)[N+](=O)[O-]. The second-order valence-corrected chi connectivity index (χ2v) is 2.45. The summed E-state index contributed by atoms with van der Waals surface area (Å²) in [6.07, 6.45) is 1.14. The van der Waals surface area contributed by atoms with Crippen molar-refractivity contribution >= 4 is 11.6 Å². The Balaban J connectivity index is 4.79. The second kappa shape index (κ2) is 4.56. The van der Waals surface area contributed by atoms with Gasteiger partial charge in [-0.15, -0.1) is 0 Å². The Kier molecular flexibility index (Phi) is 4.07. The predicted molar refractivity (Wildman–Crippen MR) is 48.3 cm³/mol. The molecule has 0 atom stereocenters. The van der Waals surface area contributed by atoms with Crippen LogP contribution in [0.4, 0.5) is 0 Å². The van der Waals surface area contributed by atoms with Gasteiger partial charge >= 0.3 is 0 Å². The molecule has 0 unspecified atom stereocenters. The lowest BCUT2D eigenvalue weighted by atomic mass is 10.3. The van der Waals surface area contributed by atoms with Crippen molar-refractivity contribution in [2.75, 3.05) is 7.05 Å². The van der Waals surface area contributed by atoms with Gasteiger partial charge in [0.15, 0.2) is 0 Å². The van der Waals surface area contributed by atoms with Crippen LogP contribution in [-0.2, 0) is 0 Å². The first-order chi connectivity index (χ1) is 5.49. The highest BCUT2D eigenvalue weighted by Gasteiger charge is 2.13. The van der Waals surface area contributed by atoms with Gasteiger partial charge in [-0.25, -0.2) is 0 Å². The van der Waals surface area contributed by atoms with Gasteiger partial charge in [-0.1, -0.05) is 24.8 Å². The Bertz CT molecular complexity index is 258. The van der Waals surface area contributed by atoms with Crippen LogP contribution in [0.25, 0.3) is 0 Å². The summed E-state index contributed by atoms with van der Waals surface area (Å²) >= 11 is 5.37. The number of rotatable bonds is 4. The van der Waals surface area contributed by atoms with Gasteiger partial charge in [-0.3, -0.25) is 10.1 Å². The van der Waals surface area contributed by atoms with Crippen LogP contribution in [0.2, 0.25) is 0 Å². The summed E-state index contributed by atoms with van der Waals surface area (Å²) in [5.74, 6) is 0. The van der Waals surface area contributed by atoms with Gasteiger partial charge in [0.25, 0.3) is 5.70 Å². The number of halogens is 1. The number of hydrogen-bond acceptors (Lipinski definition) is 3. The predicted octanol–water partition coefficient (Wildman–Crippen LogP) is 1.63. The van der Waals surface area contributed by atoms with Crippen LogP contribution in [0.15, 0.2) is 35.7 Å². The molecule has 0 saturated carbocycles. The van der Waals surface area contributed by atoms with E-state index < -0.39 is 4.92 Å². The second-order valence-electron chi connectivity index (χ2n) is 1.96. The molecule has 0 heterocycles. The summed E-state index contributed by atoms with van der Waals surface area (Å²) in [6.45, 7) is 6.74. The zero-order valence-electron chi connectivity index (χ0n) is 6.63. The normalized spacial score (nSPS) is 10.7. The minimum atomic E-state index is -0.577. The van der Waals surface area contributed by atoms with E-state index in [2.05, 4.69) is 18.5 Å². The third-order valence-corrected chi connectivity index (χ3v) is 1.21. The van der Waals surface area contributed by atoms with Crippen molar-refractivity contribution in [3.8, 4) is 0 Å². The van der Waals surface area contributed by atoms with Gasteiger partial charge in [0.05, 0.1) is 4.92 Å². The monoisotopic (exact) mass is 188 g/mol. The van der Waals surface area contributed by atoms with Crippen molar-refractivity contribution in [3.63, 3.8) is 0 Å². The molecule has 1 N–H and O–H groups in total. The molecule has 0 aromatic rings. The van der Waals surface area contributed by atoms with E-state index in [0.29, 0.717) is 0 Å². The maximum absolute atomic E-state index is 10.4. The lowest BCUT2D eigenvalue weighted by molar-refractivity contribution is -0.421. The van der Waals surface area contributed by atoms with Gasteiger partial charge in [0.2, 0.25) is 0 Å². The maximum atomic E-state index is 10.4. The summed E-state index contributed by atoms with van der Waals surface area (Å²) in [4.78, 5) is 9.80. The van der Waals surface area contributed by atoms with Gasteiger partial charge < -0.3 is 5.32 Å². The topological polar surface area (TPSA) is 55.2 Å². The highest BCUT2D eigenvalue weighted by atomic mass is 35.5. The first kappa shape index (κ1) is 10.7. The van der Waals surface area contributed by atoms with Crippen LogP contribution in [-0.4, -0.2) is 12.0 Å². The zero-order chi connectivity index (χ0) is 9.72. The Morgan fingerprint density at radius 1 is 1.67 bits per heavy atom. The van der Waals surface area contributed by atoms with E-state index in [1.54, 1.807) is 0 Å². The molecule has 12 heavy (non-hydrogen) atoms. The molecule has 0 rings (SSSR count). The highest BCUT2D eigenvalue weighted by Crippen LogP contribution is 2.10. The van der Waals surface area contributed by atoms with Crippen LogP contribution in [0.3, 0.4) is 0 Å². The molecule has 0 radical (unpaired) electrons. The van der Waals surface area contributed by atoms with Crippen molar-refractivity contribution in [1.82, 2.24) is 5.32 Å². The van der Waals surface area contributed by atoms with E-state index in [9.17, 15) is 10.1 Å². The number of nitrogens with zero attached hydrogens (tertiary/aromatic N) is 1. The molecule has 0 bridgehead atoms. The lowest BCUT2D eigenvalue weighted by Crippen LogP contribution is -2.12. The quantitative estimate of drug-likeness (QED) is 0.415. The Morgan fingerprint density at radius 2 is 2.17 bits per heavy atom. The van der Waals surface area contributed by atoms with E-state index in [4.69, 9.17) is 11.6 Å². The van der Waals surface area contributed by atoms with E-state index in [-0.39, 0.29) is 16.4 Å². The highest BCUT2D eigenvalue weighted by molar-refractivity contribution is 6.30. The van der Waals surface area contributed by atoms with Gasteiger partial charge in [0.1, 0.15) is 5.70 Å². The fourth-order valence-electron chi connectivity index (χ4n) is 0.526. The summed E-state index contributed by atoms with van der Waals surface area (Å²) in [7, 11) is 1.54. The van der Waals surface area contributed by atoms with Gasteiger partial charge in [-0.05, 0) is 0 Å². The summed E-state index contributed by atoms with van der Waals surface area (Å²) in [5, 5.41) is 13.0. The van der Waals surface area contributed by atoms with Gasteiger partial charge in [0, 0.05) is 18.2 Å². The summed E-state index contributed by atoms with van der Waals surface area (Å²) < 4.78 is 0. The van der Waals surface area contributed by atoms with Crippen molar-refractivity contribution in [3.05, 3.63) is 45.8 Å². The smallest absolute Gasteiger partial charge is 0.293 e. The third kappa shape index (κ3) is 3.21. The molecule has 0 fully saturated rings. The minimum absolute atomic E-state index is 0.0955. The Labute approximate surface area is 75.4 Å². The molecule has 0 saturated heterocycles. The van der Waals surface area contributed by atoms with Crippen LogP contribution >= 0.6 is 11.6 Å². The Hall–Kier alpha value is -1.29. The molecule has 4 nitrogen and oxygen atoms in total. The lowest BCUT2D eigenvalue weighted by Gasteiger charge is -2.00. The third-order valence-electron chi connectivity index (χ3n) is 1.10. The average molecular weight is 189 g/mol. The standard InChI is InChI=1S/C7H9ClN2O2/c1-5(8)4-7(10(11)12)6(2)9-3/h4,9H,1-2H2,3H3/b7-4+. The van der Waals surface area contributed by atoms with E-state index in [1.165, 1.54) is 7.05 Å². The number of allylic oxidation sites excluding steroid dienone is 2. The minimum Gasteiger partial charge on any atom is -0.383 e. The van der Waals surface area contributed by atoms with Gasteiger partial charge in [-0.2, -0.15) is 0 Å². The molecule has 0 spiro atoms. The molecule has 5 heteroatoms. The molecule has 0 aliphatic carbocycles. The first-order valence-corrected chi connectivity index (χ1v) is 3.44. The largest absolute Gasteiger partial charge is 0.383 e. The molecule has 0 aliphatic heterocycles. The summed E-state index contributed by atoms with van der Waals surface area (Å²) in [6, 6.07) is 0. The van der Waals surface area contributed by atoms with Crippen LogP contribution < -0.4 is 5.32 Å². The fourth-order valence-corrected chi connectivity index (χ4v) is 0.630. The molecular formula is C7H9ClN2O2. The van der Waals surface area contributed by atoms with Crippen molar-refractivity contribution < 1.29 is 4.92 Å². The zero-order valence-corrected chi connectivity index (χ0v) is 7.39. The van der Waals surface area contributed by atoms with E-state index in [1.807, 2.05) is 0 Å². The van der Waals surface area contributed by atoms with Crippen LogP contribution in [0.5, 0.6) is 0 Å². The number of hydrogen-bond donors (Lipinski definition) is 1. The van der Waals surface area contributed by atoms with Crippen molar-refractivity contribution in [2.45, 2.75) is 0 Å². The van der Waals surface area contributed by atoms with Crippen LogP contribution in [0.1, 0.15) is 0 Å². The number of nitro groups is 1. The average Bonchev–Trinajstić information content (AvgIpc) is 1.98. The maximum Gasteiger partial charge on any atom is 0.293 e. The van der Waals surface area contributed by atoms with Crippen LogP contribution in [0, 0.1) is 10.1 Å². The summed E-state index contributed by atoms with van der Waals surface area (Å²) in [5.41, 5.74) is 0.0132. The van der Waals surface area contributed by atoms with E-state index in [0.717, 1.165) is 6.08 Å². The first-order valence-electron chi connectivity index (χ1n) is 3.06. The number of nitrogens with one attached hydrogen (secondary N) is 1. The Morgan fingerprint density at radius 3 is 2.42 bits per heavy atom. The molecule has 0 aromatic heterocycles. The van der Waals surface area contributed by atoms with E-state index >= 15 is 0 Å². The van der Waals surface area contributed by atoms with Crippen molar-refractivity contribution in [2.24, 2.45) is 0 Å².